The van der Waals surface area contributed by atoms with E-state index in [1.165, 1.54) is 0 Å². The lowest BCUT2D eigenvalue weighted by molar-refractivity contribution is -0.139. The average Bonchev–Trinajstić information content (AvgIpc) is 3.14. The van der Waals surface area contributed by atoms with E-state index in [9.17, 15) is 14.4 Å². The third-order valence-corrected chi connectivity index (χ3v) is 3.12. The Hall–Kier alpha value is -1.79. The molecule has 0 unspecified atom stereocenters. The zero-order chi connectivity index (χ0) is 14.4. The van der Waals surface area contributed by atoms with E-state index in [-0.39, 0.29) is 12.8 Å². The van der Waals surface area contributed by atoms with E-state index < -0.39 is 23.9 Å². The van der Waals surface area contributed by atoms with E-state index in [0.717, 1.165) is 12.8 Å². The summed E-state index contributed by atoms with van der Waals surface area (Å²) < 4.78 is 0. The molecule has 0 radical (unpaired) electrons. The first-order valence-electron chi connectivity index (χ1n) is 6.50. The van der Waals surface area contributed by atoms with Crippen molar-refractivity contribution in [2.45, 2.75) is 38.6 Å². The second kappa shape index (κ2) is 6.96. The molecule has 0 spiro atoms. The normalized spacial score (nSPS) is 15.6. The molecule has 3 amide bonds. The smallest absolute Gasteiger partial charge is 0.326 e. The van der Waals surface area contributed by atoms with Gasteiger partial charge in [0, 0.05) is 19.5 Å². The molecule has 19 heavy (non-hydrogen) atoms. The monoisotopic (exact) mass is 271 g/mol. The molecule has 1 rings (SSSR count). The van der Waals surface area contributed by atoms with Crippen LogP contribution in [0, 0.1) is 5.92 Å². The highest BCUT2D eigenvalue weighted by molar-refractivity contribution is 5.83. The summed E-state index contributed by atoms with van der Waals surface area (Å²) in [6.45, 7) is 3.04. The summed E-state index contributed by atoms with van der Waals surface area (Å²) in [6.07, 6.45) is 2.19. The number of nitrogens with two attached hydrogens (primary N) is 1. The van der Waals surface area contributed by atoms with Gasteiger partial charge in [-0.1, -0.05) is 0 Å². The average molecular weight is 271 g/mol. The number of carbonyl (C=O) groups excluding carboxylic acids is 2. The fourth-order valence-corrected chi connectivity index (χ4v) is 1.75. The molecule has 0 saturated heterocycles. The Morgan fingerprint density at radius 1 is 1.42 bits per heavy atom. The summed E-state index contributed by atoms with van der Waals surface area (Å²) in [7, 11) is 0. The molecular weight excluding hydrogens is 250 g/mol. The van der Waals surface area contributed by atoms with Gasteiger partial charge < -0.3 is 21.1 Å². The molecular formula is C12H21N3O4. The van der Waals surface area contributed by atoms with E-state index in [1.54, 1.807) is 4.90 Å². The van der Waals surface area contributed by atoms with Crippen LogP contribution in [0.25, 0.3) is 0 Å². The van der Waals surface area contributed by atoms with Crippen LogP contribution < -0.4 is 11.1 Å². The second-order valence-electron chi connectivity index (χ2n) is 4.83. The van der Waals surface area contributed by atoms with Crippen LogP contribution in [0.5, 0.6) is 0 Å². The van der Waals surface area contributed by atoms with Crippen LogP contribution in [0.1, 0.15) is 32.6 Å². The number of carboxylic acid groups (broad SMARTS) is 1. The van der Waals surface area contributed by atoms with Crippen LogP contribution in [0.15, 0.2) is 0 Å². The number of urea groups is 1. The van der Waals surface area contributed by atoms with Crippen LogP contribution >= 0.6 is 0 Å². The van der Waals surface area contributed by atoms with E-state index in [4.69, 9.17) is 10.8 Å². The first kappa shape index (κ1) is 15.3. The minimum Gasteiger partial charge on any atom is -0.480 e. The Morgan fingerprint density at radius 3 is 2.47 bits per heavy atom. The Balaban J connectivity index is 2.48. The lowest BCUT2D eigenvalue weighted by atomic mass is 10.1. The predicted molar refractivity (Wildman–Crippen MR) is 68.4 cm³/mol. The van der Waals surface area contributed by atoms with Crippen molar-refractivity contribution < 1.29 is 19.5 Å². The summed E-state index contributed by atoms with van der Waals surface area (Å²) >= 11 is 0. The molecule has 1 atom stereocenters. The van der Waals surface area contributed by atoms with Crippen LogP contribution in [0.3, 0.4) is 0 Å². The maximum absolute atomic E-state index is 11.9. The Bertz CT molecular complexity index is 355. The summed E-state index contributed by atoms with van der Waals surface area (Å²) in [5.74, 6) is -1.19. The maximum Gasteiger partial charge on any atom is 0.326 e. The Kier molecular flexibility index (Phi) is 5.59. The van der Waals surface area contributed by atoms with Gasteiger partial charge in [-0.3, -0.25) is 4.79 Å². The van der Waals surface area contributed by atoms with Gasteiger partial charge in [0.25, 0.3) is 0 Å². The number of carboxylic acids is 1. The molecule has 1 aliphatic rings. The second-order valence-corrected chi connectivity index (χ2v) is 4.83. The van der Waals surface area contributed by atoms with Gasteiger partial charge in [-0.2, -0.15) is 0 Å². The Morgan fingerprint density at radius 2 is 2.05 bits per heavy atom. The molecule has 0 bridgehead atoms. The van der Waals surface area contributed by atoms with Gasteiger partial charge in [0.1, 0.15) is 6.04 Å². The van der Waals surface area contributed by atoms with Gasteiger partial charge in [-0.15, -0.1) is 0 Å². The molecule has 7 heteroatoms. The number of amides is 3. The Labute approximate surface area is 112 Å². The number of primary amides is 1. The fraction of sp³-hybridized carbons (Fsp3) is 0.750. The van der Waals surface area contributed by atoms with Crippen LogP contribution in [-0.4, -0.2) is 47.0 Å². The van der Waals surface area contributed by atoms with Gasteiger partial charge in [-0.05, 0) is 32.1 Å². The van der Waals surface area contributed by atoms with Crippen molar-refractivity contribution in [2.24, 2.45) is 11.7 Å². The minimum atomic E-state index is -1.16. The molecule has 0 aromatic heterocycles. The first-order valence-corrected chi connectivity index (χ1v) is 6.50. The lowest BCUT2D eigenvalue weighted by Gasteiger charge is -2.23. The van der Waals surface area contributed by atoms with Crippen molar-refractivity contribution >= 4 is 17.9 Å². The molecule has 4 N–H and O–H groups in total. The van der Waals surface area contributed by atoms with Crippen LogP contribution in [0.2, 0.25) is 0 Å². The van der Waals surface area contributed by atoms with Crippen LogP contribution in [-0.2, 0) is 9.59 Å². The first-order chi connectivity index (χ1) is 8.93. The van der Waals surface area contributed by atoms with Gasteiger partial charge in [-0.25, -0.2) is 9.59 Å². The molecule has 0 aliphatic heterocycles. The van der Waals surface area contributed by atoms with Crippen molar-refractivity contribution in [3.63, 3.8) is 0 Å². The van der Waals surface area contributed by atoms with Gasteiger partial charge in [0.2, 0.25) is 5.91 Å². The fourth-order valence-electron chi connectivity index (χ4n) is 1.75. The summed E-state index contributed by atoms with van der Waals surface area (Å²) in [4.78, 5) is 35.2. The van der Waals surface area contributed by atoms with Crippen molar-refractivity contribution in [1.29, 1.82) is 0 Å². The molecule has 0 aromatic carbocycles. The molecule has 0 aromatic rings. The highest BCUT2D eigenvalue weighted by Crippen LogP contribution is 2.29. The van der Waals surface area contributed by atoms with E-state index in [1.807, 2.05) is 6.92 Å². The molecule has 108 valence electrons. The number of aliphatic carboxylic acids is 1. The summed E-state index contributed by atoms with van der Waals surface area (Å²) in [5.41, 5.74) is 4.98. The predicted octanol–water partition coefficient (Wildman–Crippen LogP) is 0.147. The number of carbonyl (C=O) groups is 3. The minimum absolute atomic E-state index is 0.0113. The van der Waals surface area contributed by atoms with Crippen molar-refractivity contribution in [3.05, 3.63) is 0 Å². The van der Waals surface area contributed by atoms with Crippen molar-refractivity contribution in [1.82, 2.24) is 10.2 Å². The number of nitrogens with zero attached hydrogens (tertiary/aromatic N) is 1. The third-order valence-electron chi connectivity index (χ3n) is 3.12. The quantitative estimate of drug-likeness (QED) is 0.583. The van der Waals surface area contributed by atoms with E-state index in [2.05, 4.69) is 5.32 Å². The molecule has 1 aliphatic carbocycles. The van der Waals surface area contributed by atoms with Gasteiger partial charge in [0.05, 0.1) is 0 Å². The van der Waals surface area contributed by atoms with Crippen molar-refractivity contribution in [3.8, 4) is 0 Å². The number of hydrogen-bond acceptors (Lipinski definition) is 3. The topological polar surface area (TPSA) is 113 Å². The molecule has 0 heterocycles. The summed E-state index contributed by atoms with van der Waals surface area (Å²) in [5, 5.41) is 11.4. The standard InChI is InChI=1S/C12H21N3O4/c1-2-15(7-8-3-4-8)12(19)14-9(11(17)18)5-6-10(13)16/h8-9H,2-7H2,1H3,(H2,13,16)(H,14,19)(H,17,18)/t9-/m0/s1. The molecule has 1 saturated carbocycles. The number of hydrogen-bond donors (Lipinski definition) is 3. The largest absolute Gasteiger partial charge is 0.480 e. The van der Waals surface area contributed by atoms with Crippen molar-refractivity contribution in [2.75, 3.05) is 13.1 Å². The highest BCUT2D eigenvalue weighted by Gasteiger charge is 2.28. The molecule has 1 fully saturated rings. The molecule has 7 nitrogen and oxygen atoms in total. The van der Waals surface area contributed by atoms with Gasteiger partial charge in [0.15, 0.2) is 0 Å². The van der Waals surface area contributed by atoms with Gasteiger partial charge >= 0.3 is 12.0 Å². The zero-order valence-electron chi connectivity index (χ0n) is 11.1. The number of rotatable bonds is 8. The van der Waals surface area contributed by atoms with E-state index in [0.29, 0.717) is 19.0 Å². The SMILES string of the molecule is CCN(CC1CC1)C(=O)N[C@@H](CCC(N)=O)C(=O)O. The maximum atomic E-state index is 11.9. The lowest BCUT2D eigenvalue weighted by Crippen LogP contribution is -2.48. The third kappa shape index (κ3) is 5.58. The van der Waals surface area contributed by atoms with E-state index >= 15 is 0 Å². The van der Waals surface area contributed by atoms with Crippen LogP contribution in [0.4, 0.5) is 4.79 Å². The zero-order valence-corrected chi connectivity index (χ0v) is 11.1. The summed E-state index contributed by atoms with van der Waals surface area (Å²) in [6, 6.07) is -1.47. The number of nitrogens with one attached hydrogen (secondary N) is 1. The highest BCUT2D eigenvalue weighted by atomic mass is 16.4.